The first-order chi connectivity index (χ1) is 14.9. The van der Waals surface area contributed by atoms with Crippen molar-refractivity contribution in [2.75, 3.05) is 20.3 Å². The Labute approximate surface area is 186 Å². The molecule has 31 heavy (non-hydrogen) atoms. The number of hydrogen-bond donors (Lipinski definition) is 0. The third-order valence-corrected chi connectivity index (χ3v) is 5.10. The zero-order valence-corrected chi connectivity index (χ0v) is 18.4. The maximum absolute atomic E-state index is 12.7. The maximum atomic E-state index is 12.7. The number of amides is 1. The van der Waals surface area contributed by atoms with Gasteiger partial charge in [-0.25, -0.2) is 9.48 Å². The lowest BCUT2D eigenvalue weighted by Crippen LogP contribution is -2.33. The van der Waals surface area contributed by atoms with Crippen molar-refractivity contribution in [2.45, 2.75) is 19.9 Å². The predicted molar refractivity (Wildman–Crippen MR) is 118 cm³/mol. The Morgan fingerprint density at radius 3 is 2.45 bits per heavy atom. The van der Waals surface area contributed by atoms with Crippen molar-refractivity contribution >= 4 is 23.5 Å². The molecule has 1 aromatic heterocycles. The minimum Gasteiger partial charge on any atom is -0.480 e. The second-order valence-corrected chi connectivity index (χ2v) is 7.30. The van der Waals surface area contributed by atoms with E-state index >= 15 is 0 Å². The van der Waals surface area contributed by atoms with E-state index in [1.165, 1.54) is 4.68 Å². The summed E-state index contributed by atoms with van der Waals surface area (Å²) >= 11 is 5.94. The minimum atomic E-state index is -0.609. The quantitative estimate of drug-likeness (QED) is 0.487. The number of ether oxygens (including phenoxy) is 2. The van der Waals surface area contributed by atoms with Crippen LogP contribution < -0.4 is 4.74 Å². The lowest BCUT2D eigenvalue weighted by molar-refractivity contribution is -0.134. The Bertz CT molecular complexity index is 1030. The molecule has 0 saturated carbocycles. The summed E-state index contributed by atoms with van der Waals surface area (Å²) in [5.74, 6) is -0.671. The van der Waals surface area contributed by atoms with Crippen molar-refractivity contribution in [3.63, 3.8) is 0 Å². The van der Waals surface area contributed by atoms with Crippen molar-refractivity contribution in [1.82, 2.24) is 14.7 Å². The van der Waals surface area contributed by atoms with Crippen molar-refractivity contribution in [2.24, 2.45) is 0 Å². The van der Waals surface area contributed by atoms with E-state index in [9.17, 15) is 9.59 Å². The first kappa shape index (κ1) is 22.4. The summed E-state index contributed by atoms with van der Waals surface area (Å²) < 4.78 is 12.3. The molecular formula is C23H24ClN3O4. The summed E-state index contributed by atoms with van der Waals surface area (Å²) in [7, 11) is 1.70. The van der Waals surface area contributed by atoms with Crippen LogP contribution in [0.3, 0.4) is 0 Å². The lowest BCUT2D eigenvalue weighted by Gasteiger charge is -2.25. The van der Waals surface area contributed by atoms with Gasteiger partial charge in [-0.15, -0.1) is 0 Å². The average molecular weight is 442 g/mol. The van der Waals surface area contributed by atoms with Crippen LogP contribution >= 0.6 is 11.6 Å². The number of aromatic nitrogens is 2. The monoisotopic (exact) mass is 441 g/mol. The molecule has 2 aromatic carbocycles. The first-order valence-electron chi connectivity index (χ1n) is 9.86. The van der Waals surface area contributed by atoms with Crippen molar-refractivity contribution < 1.29 is 19.1 Å². The fourth-order valence-electron chi connectivity index (χ4n) is 2.94. The Kier molecular flexibility index (Phi) is 7.31. The Hall–Kier alpha value is -3.32. The highest BCUT2D eigenvalue weighted by Gasteiger charge is 2.23. The van der Waals surface area contributed by atoms with Crippen LogP contribution in [0.2, 0.25) is 5.02 Å². The van der Waals surface area contributed by atoms with Gasteiger partial charge in [0.15, 0.2) is 12.4 Å². The van der Waals surface area contributed by atoms with E-state index in [2.05, 4.69) is 5.10 Å². The fraction of sp³-hybridized carbons (Fsp3) is 0.261. The number of rotatable bonds is 8. The first-order valence-corrected chi connectivity index (χ1v) is 10.2. The van der Waals surface area contributed by atoms with Gasteiger partial charge in [0.05, 0.1) is 24.5 Å². The topological polar surface area (TPSA) is 73.7 Å². The van der Waals surface area contributed by atoms with Gasteiger partial charge in [-0.2, -0.15) is 5.10 Å². The molecule has 8 heteroatoms. The van der Waals surface area contributed by atoms with Crippen LogP contribution in [0, 0.1) is 0 Å². The molecule has 162 valence electrons. The van der Waals surface area contributed by atoms with Gasteiger partial charge in [0, 0.05) is 12.1 Å². The van der Waals surface area contributed by atoms with Crippen molar-refractivity contribution in [1.29, 1.82) is 0 Å². The zero-order chi connectivity index (χ0) is 22.4. The van der Waals surface area contributed by atoms with E-state index in [4.69, 9.17) is 21.1 Å². The van der Waals surface area contributed by atoms with Gasteiger partial charge in [0.1, 0.15) is 0 Å². The zero-order valence-electron chi connectivity index (χ0n) is 17.6. The molecule has 1 heterocycles. The molecule has 0 N–H and O–H groups in total. The molecule has 0 bridgehead atoms. The van der Waals surface area contributed by atoms with Gasteiger partial charge in [-0.1, -0.05) is 41.9 Å². The summed E-state index contributed by atoms with van der Waals surface area (Å²) in [5, 5.41) is 4.93. The molecule has 0 fully saturated rings. The highest BCUT2D eigenvalue weighted by molar-refractivity contribution is 6.30. The molecular weight excluding hydrogens is 418 g/mol. The molecule has 0 radical (unpaired) electrons. The minimum absolute atomic E-state index is 0.0203. The van der Waals surface area contributed by atoms with Crippen molar-refractivity contribution in [3.8, 4) is 11.4 Å². The average Bonchev–Trinajstić information content (AvgIpc) is 3.22. The van der Waals surface area contributed by atoms with Crippen LogP contribution in [0.4, 0.5) is 0 Å². The predicted octanol–water partition coefficient (Wildman–Crippen LogP) is 4.30. The summed E-state index contributed by atoms with van der Waals surface area (Å²) in [5.41, 5.74) is 1.72. The van der Waals surface area contributed by atoms with E-state index in [-0.39, 0.29) is 36.6 Å². The maximum Gasteiger partial charge on any atom is 0.362 e. The molecule has 0 spiro atoms. The Balaban J connectivity index is 1.74. The van der Waals surface area contributed by atoms with E-state index in [1.807, 2.05) is 49.4 Å². The second-order valence-electron chi connectivity index (χ2n) is 6.86. The van der Waals surface area contributed by atoms with Gasteiger partial charge in [-0.05, 0) is 43.7 Å². The highest BCUT2D eigenvalue weighted by Crippen LogP contribution is 2.23. The van der Waals surface area contributed by atoms with Crippen LogP contribution in [-0.2, 0) is 9.53 Å². The van der Waals surface area contributed by atoms with Gasteiger partial charge in [-0.3, -0.25) is 4.79 Å². The standard InChI is InChI=1S/C23H24ClN3O4/c1-4-30-23(29)22-20(14-27(25-22)19-8-6-5-7-9-19)31-15-21(28)26(3)16(2)17-10-12-18(24)13-11-17/h5-14,16H,4,15H2,1-3H3. The summed E-state index contributed by atoms with van der Waals surface area (Å²) in [6.45, 7) is 3.58. The van der Waals surface area contributed by atoms with Gasteiger partial charge in [0.2, 0.25) is 5.69 Å². The number of para-hydroxylation sites is 1. The van der Waals surface area contributed by atoms with E-state index in [0.29, 0.717) is 5.02 Å². The largest absolute Gasteiger partial charge is 0.480 e. The molecule has 1 unspecified atom stereocenters. The van der Waals surface area contributed by atoms with E-state index in [0.717, 1.165) is 11.3 Å². The van der Waals surface area contributed by atoms with Crippen LogP contribution in [-0.4, -0.2) is 46.8 Å². The van der Waals surface area contributed by atoms with Crippen LogP contribution in [0.15, 0.2) is 60.8 Å². The van der Waals surface area contributed by atoms with Gasteiger partial charge < -0.3 is 14.4 Å². The molecule has 0 aliphatic rings. The van der Waals surface area contributed by atoms with Crippen LogP contribution in [0.1, 0.15) is 35.9 Å². The number of hydrogen-bond acceptors (Lipinski definition) is 5. The molecule has 1 amide bonds. The molecule has 3 rings (SSSR count). The molecule has 3 aromatic rings. The smallest absolute Gasteiger partial charge is 0.362 e. The van der Waals surface area contributed by atoms with E-state index < -0.39 is 5.97 Å². The number of likely N-dealkylation sites (N-methyl/N-ethyl adjacent to an activating group) is 1. The Morgan fingerprint density at radius 1 is 1.13 bits per heavy atom. The van der Waals surface area contributed by atoms with Gasteiger partial charge in [0.25, 0.3) is 5.91 Å². The number of benzene rings is 2. The van der Waals surface area contributed by atoms with Crippen LogP contribution in [0.5, 0.6) is 5.75 Å². The summed E-state index contributed by atoms with van der Waals surface area (Å²) in [6, 6.07) is 16.4. The van der Waals surface area contributed by atoms with Crippen LogP contribution in [0.25, 0.3) is 5.69 Å². The molecule has 0 aliphatic heterocycles. The third-order valence-electron chi connectivity index (χ3n) is 4.85. The number of carbonyl (C=O) groups excluding carboxylic acids is 2. The molecule has 7 nitrogen and oxygen atoms in total. The summed E-state index contributed by atoms with van der Waals surface area (Å²) in [4.78, 5) is 26.6. The SMILES string of the molecule is CCOC(=O)c1nn(-c2ccccc2)cc1OCC(=O)N(C)C(C)c1ccc(Cl)cc1. The number of carbonyl (C=O) groups is 2. The van der Waals surface area contributed by atoms with Gasteiger partial charge >= 0.3 is 5.97 Å². The molecule has 0 aliphatic carbocycles. The third kappa shape index (κ3) is 5.44. The molecule has 1 atom stereocenters. The number of halogens is 1. The lowest BCUT2D eigenvalue weighted by atomic mass is 10.1. The fourth-order valence-corrected chi connectivity index (χ4v) is 3.07. The Morgan fingerprint density at radius 2 is 1.81 bits per heavy atom. The number of esters is 1. The second kappa shape index (κ2) is 10.1. The van der Waals surface area contributed by atoms with E-state index in [1.54, 1.807) is 37.2 Å². The summed E-state index contributed by atoms with van der Waals surface area (Å²) in [6.07, 6.45) is 1.57. The van der Waals surface area contributed by atoms with Crippen molar-refractivity contribution in [3.05, 3.63) is 77.1 Å². The highest BCUT2D eigenvalue weighted by atomic mass is 35.5. The normalized spacial score (nSPS) is 11.6. The molecule has 0 saturated heterocycles. The number of nitrogens with zero attached hydrogens (tertiary/aromatic N) is 3.